The number of thioether (sulfide) groups is 1. The molecule has 1 aromatic rings. The van der Waals surface area contributed by atoms with Crippen molar-refractivity contribution >= 4 is 29.1 Å². The Bertz CT molecular complexity index is 515. The van der Waals surface area contributed by atoms with E-state index in [-0.39, 0.29) is 12.1 Å². The molecule has 1 N–H and O–H groups in total. The van der Waals surface area contributed by atoms with Gasteiger partial charge in [-0.05, 0) is 32.6 Å². The predicted molar refractivity (Wildman–Crippen MR) is 88.9 cm³/mol. The first-order valence-corrected chi connectivity index (χ1v) is 9.54. The van der Waals surface area contributed by atoms with Crippen LogP contribution in [0.25, 0.3) is 0 Å². The van der Waals surface area contributed by atoms with Crippen molar-refractivity contribution in [2.24, 2.45) is 5.92 Å². The number of hydrogen-bond acceptors (Lipinski definition) is 4. The quantitative estimate of drug-likeness (QED) is 0.926. The highest BCUT2D eigenvalue weighted by molar-refractivity contribution is 8.00. The van der Waals surface area contributed by atoms with Gasteiger partial charge in [0.15, 0.2) is 0 Å². The lowest BCUT2D eigenvalue weighted by molar-refractivity contribution is 0.175. The molecular weight excluding hydrogens is 302 g/mol. The fourth-order valence-corrected chi connectivity index (χ4v) is 4.78. The van der Waals surface area contributed by atoms with Crippen molar-refractivity contribution in [1.29, 1.82) is 0 Å². The van der Waals surface area contributed by atoms with E-state index in [1.165, 1.54) is 17.7 Å². The molecule has 2 heterocycles. The van der Waals surface area contributed by atoms with Gasteiger partial charge in [-0.3, -0.25) is 0 Å². The largest absolute Gasteiger partial charge is 0.328 e. The maximum atomic E-state index is 12.7. The van der Waals surface area contributed by atoms with Crippen molar-refractivity contribution in [2.75, 3.05) is 12.3 Å². The molecule has 3 atom stereocenters. The van der Waals surface area contributed by atoms with Gasteiger partial charge >= 0.3 is 6.03 Å². The van der Waals surface area contributed by atoms with E-state index >= 15 is 0 Å². The third kappa shape index (κ3) is 3.37. The van der Waals surface area contributed by atoms with Crippen molar-refractivity contribution in [1.82, 2.24) is 15.2 Å². The number of aryl methyl sites for hydroxylation is 1. The summed E-state index contributed by atoms with van der Waals surface area (Å²) in [5, 5.41) is 4.83. The second-order valence-electron chi connectivity index (χ2n) is 6.08. The Labute approximate surface area is 134 Å². The lowest BCUT2D eigenvalue weighted by Crippen LogP contribution is -2.52. The molecule has 6 heteroatoms. The number of urea groups is 1. The van der Waals surface area contributed by atoms with Gasteiger partial charge in [0.25, 0.3) is 0 Å². The minimum absolute atomic E-state index is 0.0828. The molecule has 2 amide bonds. The van der Waals surface area contributed by atoms with Gasteiger partial charge in [-0.25, -0.2) is 9.78 Å². The van der Waals surface area contributed by atoms with Crippen molar-refractivity contribution < 1.29 is 4.79 Å². The fraction of sp³-hybridized carbons (Fsp3) is 0.733. The summed E-state index contributed by atoms with van der Waals surface area (Å²) in [4.78, 5) is 20.4. The molecule has 4 nitrogen and oxygen atoms in total. The first kappa shape index (κ1) is 15.2. The van der Waals surface area contributed by atoms with Crippen LogP contribution in [0.15, 0.2) is 6.20 Å². The first-order valence-electron chi connectivity index (χ1n) is 7.67. The molecule has 0 spiro atoms. The van der Waals surface area contributed by atoms with E-state index in [0.29, 0.717) is 17.2 Å². The first-order chi connectivity index (χ1) is 10.1. The molecule has 2 aliphatic rings. The highest BCUT2D eigenvalue weighted by Gasteiger charge is 2.37. The van der Waals surface area contributed by atoms with Gasteiger partial charge in [0, 0.05) is 34.7 Å². The van der Waals surface area contributed by atoms with Crippen LogP contribution in [0, 0.1) is 12.8 Å². The standard InChI is InChI=1S/C15H23N3OS2/c1-9-8-16-14(21-9)13(12-4-5-12)17-15(19)18-6-7-20-11(3)10(18)2/h8,10-13H,4-7H2,1-3H3,(H,17,19)/t10-,11+,13+/m0/s1. The monoisotopic (exact) mass is 325 g/mol. The molecule has 1 saturated carbocycles. The minimum atomic E-state index is 0.0828. The zero-order valence-corrected chi connectivity index (χ0v) is 14.5. The third-order valence-corrected chi connectivity index (χ3v) is 6.76. The maximum absolute atomic E-state index is 12.7. The highest BCUT2D eigenvalue weighted by atomic mass is 32.2. The summed E-state index contributed by atoms with van der Waals surface area (Å²) in [6.45, 7) is 7.27. The number of nitrogens with one attached hydrogen (secondary N) is 1. The molecule has 1 aromatic heterocycles. The topological polar surface area (TPSA) is 45.2 Å². The molecule has 0 radical (unpaired) electrons. The number of amides is 2. The van der Waals surface area contributed by atoms with E-state index in [2.05, 4.69) is 31.1 Å². The van der Waals surface area contributed by atoms with Crippen LogP contribution in [0.1, 0.15) is 42.6 Å². The number of nitrogens with zero attached hydrogens (tertiary/aromatic N) is 2. The van der Waals surface area contributed by atoms with Crippen LogP contribution in [-0.2, 0) is 0 Å². The van der Waals surface area contributed by atoms with E-state index in [0.717, 1.165) is 17.3 Å². The van der Waals surface area contributed by atoms with Crippen LogP contribution in [-0.4, -0.2) is 39.5 Å². The number of hydrogen-bond donors (Lipinski definition) is 1. The molecule has 2 fully saturated rings. The molecule has 21 heavy (non-hydrogen) atoms. The smallest absolute Gasteiger partial charge is 0.318 e. The van der Waals surface area contributed by atoms with Gasteiger partial charge in [0.2, 0.25) is 0 Å². The van der Waals surface area contributed by atoms with Crippen molar-refractivity contribution in [2.45, 2.75) is 50.9 Å². The van der Waals surface area contributed by atoms with Crippen LogP contribution >= 0.6 is 23.1 Å². The van der Waals surface area contributed by atoms with E-state index in [9.17, 15) is 4.79 Å². The van der Waals surface area contributed by atoms with Crippen LogP contribution in [0.3, 0.4) is 0 Å². The zero-order valence-electron chi connectivity index (χ0n) is 12.8. The second kappa shape index (κ2) is 6.16. The number of rotatable bonds is 3. The summed E-state index contributed by atoms with van der Waals surface area (Å²) in [5.74, 6) is 1.61. The summed E-state index contributed by atoms with van der Waals surface area (Å²) in [7, 11) is 0. The molecule has 0 bridgehead atoms. The van der Waals surface area contributed by atoms with E-state index in [1.807, 2.05) is 22.9 Å². The Balaban J connectivity index is 1.69. The Hall–Kier alpha value is -0.750. The van der Waals surface area contributed by atoms with Crippen LogP contribution in [0.4, 0.5) is 4.79 Å². The Kier molecular flexibility index (Phi) is 4.45. The van der Waals surface area contributed by atoms with Crippen molar-refractivity contribution in [3.8, 4) is 0 Å². The highest BCUT2D eigenvalue weighted by Crippen LogP contribution is 2.42. The van der Waals surface area contributed by atoms with E-state index in [1.54, 1.807) is 11.3 Å². The lowest BCUT2D eigenvalue weighted by Gasteiger charge is -2.38. The summed E-state index contributed by atoms with van der Waals surface area (Å²) < 4.78 is 0. The number of carbonyl (C=O) groups is 1. The van der Waals surface area contributed by atoms with E-state index < -0.39 is 0 Å². The number of carbonyl (C=O) groups excluding carboxylic acids is 1. The van der Waals surface area contributed by atoms with Gasteiger partial charge in [-0.1, -0.05) is 6.92 Å². The normalized spacial score (nSPS) is 27.5. The number of thiazole rings is 1. The molecule has 1 saturated heterocycles. The zero-order chi connectivity index (χ0) is 15.0. The predicted octanol–water partition coefficient (Wildman–Crippen LogP) is 3.44. The average Bonchev–Trinajstić information content (AvgIpc) is 3.20. The Morgan fingerprint density at radius 1 is 1.48 bits per heavy atom. The minimum Gasteiger partial charge on any atom is -0.328 e. The summed E-state index contributed by atoms with van der Waals surface area (Å²) in [5.41, 5.74) is 0. The fourth-order valence-electron chi connectivity index (χ4n) is 2.76. The average molecular weight is 326 g/mol. The molecule has 0 aromatic carbocycles. The van der Waals surface area contributed by atoms with Crippen LogP contribution < -0.4 is 5.32 Å². The second-order valence-corrected chi connectivity index (χ2v) is 8.84. The van der Waals surface area contributed by atoms with Crippen molar-refractivity contribution in [3.05, 3.63) is 16.1 Å². The van der Waals surface area contributed by atoms with Gasteiger partial charge in [0.05, 0.1) is 6.04 Å². The number of aromatic nitrogens is 1. The molecule has 1 aliphatic carbocycles. The SMILES string of the molecule is Cc1cnc([C@H](NC(=O)N2CCS[C@H](C)[C@@H]2C)C2CC2)s1. The van der Waals surface area contributed by atoms with Gasteiger partial charge in [-0.2, -0.15) is 11.8 Å². The van der Waals surface area contributed by atoms with Gasteiger partial charge in [-0.15, -0.1) is 11.3 Å². The summed E-state index contributed by atoms with van der Waals surface area (Å²) in [6.07, 6.45) is 4.31. The molecule has 3 rings (SSSR count). The van der Waals surface area contributed by atoms with Gasteiger partial charge in [0.1, 0.15) is 5.01 Å². The Morgan fingerprint density at radius 3 is 2.86 bits per heavy atom. The summed E-state index contributed by atoms with van der Waals surface area (Å²) in [6, 6.07) is 0.481. The van der Waals surface area contributed by atoms with Gasteiger partial charge < -0.3 is 10.2 Å². The molecule has 116 valence electrons. The molecular formula is C15H23N3OS2. The van der Waals surface area contributed by atoms with Crippen molar-refractivity contribution in [3.63, 3.8) is 0 Å². The third-order valence-electron chi connectivity index (χ3n) is 4.42. The van der Waals surface area contributed by atoms with Crippen LogP contribution in [0.5, 0.6) is 0 Å². The lowest BCUT2D eigenvalue weighted by atomic mass is 10.2. The maximum Gasteiger partial charge on any atom is 0.318 e. The van der Waals surface area contributed by atoms with Crippen LogP contribution in [0.2, 0.25) is 0 Å². The molecule has 0 unspecified atom stereocenters. The van der Waals surface area contributed by atoms with E-state index in [4.69, 9.17) is 0 Å². The Morgan fingerprint density at radius 2 is 2.24 bits per heavy atom. The summed E-state index contributed by atoms with van der Waals surface area (Å²) >= 11 is 3.66. The molecule has 1 aliphatic heterocycles.